The highest BCUT2D eigenvalue weighted by Gasteiger charge is 2.40. The summed E-state index contributed by atoms with van der Waals surface area (Å²) in [5.41, 5.74) is 0.589. The van der Waals surface area contributed by atoms with E-state index < -0.39 is 10.2 Å². The van der Waals surface area contributed by atoms with Crippen LogP contribution in [-0.2, 0) is 10.2 Å². The van der Waals surface area contributed by atoms with Gasteiger partial charge in [0, 0.05) is 18.6 Å². The van der Waals surface area contributed by atoms with Crippen molar-refractivity contribution >= 4 is 10.2 Å². The SMILES string of the molecule is CC(C)(C)N1CCC2(CC1)CCN(S(N)(=O)=O)CC2. The molecular formula is C13H27N3O2S. The van der Waals surface area contributed by atoms with Gasteiger partial charge in [0.2, 0.25) is 0 Å². The monoisotopic (exact) mass is 289 g/mol. The summed E-state index contributed by atoms with van der Waals surface area (Å²) in [6.45, 7) is 10.2. The Balaban J connectivity index is 1.92. The van der Waals surface area contributed by atoms with E-state index in [-0.39, 0.29) is 5.54 Å². The van der Waals surface area contributed by atoms with Crippen LogP contribution in [0, 0.1) is 5.41 Å². The quantitative estimate of drug-likeness (QED) is 0.788. The Hall–Kier alpha value is -0.170. The van der Waals surface area contributed by atoms with Crippen LogP contribution in [0.15, 0.2) is 0 Å². The van der Waals surface area contributed by atoms with Gasteiger partial charge in [0.25, 0.3) is 10.2 Å². The highest BCUT2D eigenvalue weighted by Crippen LogP contribution is 2.42. The Morgan fingerprint density at radius 3 is 1.74 bits per heavy atom. The van der Waals surface area contributed by atoms with Crippen LogP contribution >= 0.6 is 0 Å². The first-order chi connectivity index (χ1) is 8.62. The van der Waals surface area contributed by atoms with E-state index >= 15 is 0 Å². The summed E-state index contributed by atoms with van der Waals surface area (Å²) in [7, 11) is -3.49. The summed E-state index contributed by atoms with van der Waals surface area (Å²) in [6.07, 6.45) is 4.29. The Labute approximate surface area is 117 Å². The molecule has 2 aliphatic rings. The van der Waals surface area contributed by atoms with Crippen molar-refractivity contribution in [3.8, 4) is 0 Å². The molecule has 2 saturated heterocycles. The standard InChI is InChI=1S/C13H27N3O2S/c1-12(2,3)15-8-4-13(5-9-15)6-10-16(11-7-13)19(14,17)18/h4-11H2,1-3H3,(H2,14,17,18). The molecule has 0 aromatic carbocycles. The van der Waals surface area contributed by atoms with Gasteiger partial charge >= 0.3 is 0 Å². The molecule has 0 unspecified atom stereocenters. The van der Waals surface area contributed by atoms with Crippen molar-refractivity contribution in [2.24, 2.45) is 10.6 Å². The van der Waals surface area contributed by atoms with E-state index in [0.29, 0.717) is 18.5 Å². The van der Waals surface area contributed by atoms with Crippen LogP contribution in [0.2, 0.25) is 0 Å². The van der Waals surface area contributed by atoms with Gasteiger partial charge in [-0.25, -0.2) is 5.14 Å². The lowest BCUT2D eigenvalue weighted by Gasteiger charge is -2.49. The predicted molar refractivity (Wildman–Crippen MR) is 76.9 cm³/mol. The van der Waals surface area contributed by atoms with E-state index in [1.54, 1.807) is 0 Å². The highest BCUT2D eigenvalue weighted by molar-refractivity contribution is 7.86. The summed E-state index contributed by atoms with van der Waals surface area (Å²) in [5.74, 6) is 0. The zero-order valence-electron chi connectivity index (χ0n) is 12.4. The molecule has 0 bridgehead atoms. The predicted octanol–water partition coefficient (Wildman–Crippen LogP) is 1.17. The molecule has 0 amide bonds. The van der Waals surface area contributed by atoms with Gasteiger partial charge in [0.15, 0.2) is 0 Å². The van der Waals surface area contributed by atoms with Gasteiger partial charge in [0.1, 0.15) is 0 Å². The zero-order chi connectivity index (χ0) is 14.3. The van der Waals surface area contributed by atoms with Gasteiger partial charge in [-0.2, -0.15) is 12.7 Å². The average molecular weight is 289 g/mol. The van der Waals surface area contributed by atoms with Gasteiger partial charge in [-0.1, -0.05) is 0 Å². The molecule has 0 aromatic heterocycles. The number of hydrogen-bond acceptors (Lipinski definition) is 3. The maximum absolute atomic E-state index is 11.3. The van der Waals surface area contributed by atoms with Crippen LogP contribution in [0.3, 0.4) is 0 Å². The molecule has 112 valence electrons. The smallest absolute Gasteiger partial charge is 0.276 e. The highest BCUT2D eigenvalue weighted by atomic mass is 32.2. The molecule has 1 spiro atoms. The Bertz CT molecular complexity index is 410. The van der Waals surface area contributed by atoms with Gasteiger partial charge in [-0.3, -0.25) is 4.90 Å². The number of piperidine rings is 2. The van der Waals surface area contributed by atoms with Crippen molar-refractivity contribution in [3.63, 3.8) is 0 Å². The molecule has 0 aliphatic carbocycles. The molecule has 0 aromatic rings. The lowest BCUT2D eigenvalue weighted by molar-refractivity contribution is 0.0160. The fourth-order valence-corrected chi connectivity index (χ4v) is 4.06. The molecule has 0 saturated carbocycles. The lowest BCUT2D eigenvalue weighted by atomic mass is 9.71. The fraction of sp³-hybridized carbons (Fsp3) is 1.00. The zero-order valence-corrected chi connectivity index (χ0v) is 13.2. The molecule has 2 fully saturated rings. The molecule has 2 N–H and O–H groups in total. The van der Waals surface area contributed by atoms with Gasteiger partial charge in [-0.15, -0.1) is 0 Å². The van der Waals surface area contributed by atoms with E-state index in [4.69, 9.17) is 5.14 Å². The first-order valence-electron chi connectivity index (χ1n) is 7.15. The molecule has 2 heterocycles. The second-order valence-electron chi connectivity index (χ2n) is 7.10. The third kappa shape index (κ3) is 3.48. The minimum Gasteiger partial charge on any atom is -0.298 e. The molecule has 2 rings (SSSR count). The van der Waals surface area contributed by atoms with Crippen molar-refractivity contribution in [3.05, 3.63) is 0 Å². The van der Waals surface area contributed by atoms with Crippen molar-refractivity contribution < 1.29 is 8.42 Å². The summed E-state index contributed by atoms with van der Waals surface area (Å²) >= 11 is 0. The van der Waals surface area contributed by atoms with Crippen molar-refractivity contribution in [2.45, 2.75) is 52.0 Å². The summed E-state index contributed by atoms with van der Waals surface area (Å²) in [6, 6.07) is 0. The van der Waals surface area contributed by atoms with Crippen LogP contribution < -0.4 is 5.14 Å². The minimum atomic E-state index is -3.49. The van der Waals surface area contributed by atoms with Gasteiger partial charge < -0.3 is 0 Å². The van der Waals surface area contributed by atoms with E-state index in [1.807, 2.05) is 0 Å². The third-order valence-electron chi connectivity index (χ3n) is 4.92. The van der Waals surface area contributed by atoms with Crippen LogP contribution in [-0.4, -0.2) is 49.3 Å². The second kappa shape index (κ2) is 4.98. The van der Waals surface area contributed by atoms with Crippen LogP contribution in [0.5, 0.6) is 0 Å². The van der Waals surface area contributed by atoms with Crippen LogP contribution in [0.4, 0.5) is 0 Å². The summed E-state index contributed by atoms with van der Waals surface area (Å²) < 4.78 is 24.1. The van der Waals surface area contributed by atoms with E-state index in [0.717, 1.165) is 25.9 Å². The molecule has 0 atom stereocenters. The lowest BCUT2D eigenvalue weighted by Crippen LogP contribution is -2.52. The molecule has 2 aliphatic heterocycles. The van der Waals surface area contributed by atoms with Gasteiger partial charge in [0.05, 0.1) is 0 Å². The van der Waals surface area contributed by atoms with E-state index in [1.165, 1.54) is 17.1 Å². The fourth-order valence-electron chi connectivity index (χ4n) is 3.37. The maximum Gasteiger partial charge on any atom is 0.276 e. The Morgan fingerprint density at radius 1 is 0.947 bits per heavy atom. The van der Waals surface area contributed by atoms with Crippen molar-refractivity contribution in [1.29, 1.82) is 0 Å². The van der Waals surface area contributed by atoms with Crippen molar-refractivity contribution in [2.75, 3.05) is 26.2 Å². The summed E-state index contributed by atoms with van der Waals surface area (Å²) in [4.78, 5) is 2.53. The number of nitrogens with two attached hydrogens (primary N) is 1. The minimum absolute atomic E-state index is 0.239. The first-order valence-corrected chi connectivity index (χ1v) is 8.66. The number of rotatable bonds is 1. The normalized spacial score (nSPS) is 26.7. The number of hydrogen-bond donors (Lipinski definition) is 1. The Morgan fingerprint density at radius 2 is 1.37 bits per heavy atom. The molecule has 6 heteroatoms. The van der Waals surface area contributed by atoms with Crippen LogP contribution in [0.1, 0.15) is 46.5 Å². The number of nitrogens with zero attached hydrogens (tertiary/aromatic N) is 2. The topological polar surface area (TPSA) is 66.6 Å². The Kier molecular flexibility index (Phi) is 3.99. The maximum atomic E-state index is 11.3. The van der Waals surface area contributed by atoms with E-state index in [9.17, 15) is 8.42 Å². The molecule has 19 heavy (non-hydrogen) atoms. The largest absolute Gasteiger partial charge is 0.298 e. The molecule has 0 radical (unpaired) electrons. The van der Waals surface area contributed by atoms with Crippen LogP contribution in [0.25, 0.3) is 0 Å². The second-order valence-corrected chi connectivity index (χ2v) is 8.65. The van der Waals surface area contributed by atoms with Crippen molar-refractivity contribution in [1.82, 2.24) is 9.21 Å². The average Bonchev–Trinajstić information content (AvgIpc) is 2.27. The number of likely N-dealkylation sites (tertiary alicyclic amines) is 1. The van der Waals surface area contributed by atoms with E-state index in [2.05, 4.69) is 25.7 Å². The third-order valence-corrected chi connectivity index (χ3v) is 6.00. The van der Waals surface area contributed by atoms with Gasteiger partial charge in [-0.05, 0) is 65.0 Å². The summed E-state index contributed by atoms with van der Waals surface area (Å²) in [5, 5.41) is 5.20. The first kappa shape index (κ1) is 15.2. The molecular weight excluding hydrogens is 262 g/mol. The molecule has 5 nitrogen and oxygen atoms in total.